The van der Waals surface area contributed by atoms with Crippen molar-refractivity contribution in [3.8, 4) is 5.75 Å². The van der Waals surface area contributed by atoms with Crippen molar-refractivity contribution in [2.45, 2.75) is 19.3 Å². The van der Waals surface area contributed by atoms with Gasteiger partial charge in [0, 0.05) is 11.1 Å². The zero-order chi connectivity index (χ0) is 18.6. The number of anilines is 3. The van der Waals surface area contributed by atoms with Crippen molar-refractivity contribution in [3.05, 3.63) is 96.1 Å². The maximum absolute atomic E-state index is 10.1. The van der Waals surface area contributed by atoms with E-state index in [0.29, 0.717) is 5.75 Å². The topological polar surface area (TPSA) is 23.5 Å². The van der Waals surface area contributed by atoms with Crippen molar-refractivity contribution >= 4 is 27.8 Å². The Morgan fingerprint density at radius 1 is 0.667 bits per heavy atom. The summed E-state index contributed by atoms with van der Waals surface area (Å²) in [5, 5.41) is 12.6. The van der Waals surface area contributed by atoms with E-state index in [1.54, 1.807) is 6.07 Å². The van der Waals surface area contributed by atoms with Crippen LogP contribution in [0.5, 0.6) is 5.75 Å². The molecule has 2 heteroatoms. The van der Waals surface area contributed by atoms with E-state index >= 15 is 0 Å². The fourth-order valence-electron chi connectivity index (χ4n) is 4.29. The minimum atomic E-state index is -0.183. The zero-order valence-electron chi connectivity index (χ0n) is 15.5. The van der Waals surface area contributed by atoms with E-state index in [2.05, 4.69) is 85.5 Å². The first kappa shape index (κ1) is 16.0. The molecule has 4 aromatic rings. The normalized spacial score (nSPS) is 14.7. The predicted octanol–water partition coefficient (Wildman–Crippen LogP) is 6.65. The van der Waals surface area contributed by atoms with Crippen LogP contribution >= 0.6 is 0 Å². The Morgan fingerprint density at radius 2 is 1.37 bits per heavy atom. The number of aromatic hydroxyl groups is 1. The average Bonchev–Trinajstić information content (AvgIpc) is 2.69. The van der Waals surface area contributed by atoms with E-state index in [1.165, 1.54) is 22.0 Å². The van der Waals surface area contributed by atoms with E-state index in [-0.39, 0.29) is 5.41 Å². The first-order chi connectivity index (χ1) is 13.1. The summed E-state index contributed by atoms with van der Waals surface area (Å²) < 4.78 is 0. The third-order valence-electron chi connectivity index (χ3n) is 5.70. The Kier molecular flexibility index (Phi) is 3.32. The molecule has 0 spiro atoms. The van der Waals surface area contributed by atoms with E-state index in [4.69, 9.17) is 0 Å². The van der Waals surface area contributed by atoms with Crippen LogP contribution in [0.4, 0.5) is 17.1 Å². The van der Waals surface area contributed by atoms with Gasteiger partial charge >= 0.3 is 0 Å². The molecule has 27 heavy (non-hydrogen) atoms. The molecular weight excluding hydrogens is 330 g/mol. The molecule has 0 aromatic heterocycles. The number of phenols is 1. The molecule has 0 atom stereocenters. The van der Waals surface area contributed by atoms with Crippen LogP contribution in [0.2, 0.25) is 0 Å². The molecule has 0 saturated heterocycles. The molecule has 1 aliphatic rings. The van der Waals surface area contributed by atoms with Crippen LogP contribution in [-0.2, 0) is 5.41 Å². The molecule has 0 bridgehead atoms. The van der Waals surface area contributed by atoms with Crippen molar-refractivity contribution in [1.29, 1.82) is 0 Å². The van der Waals surface area contributed by atoms with Gasteiger partial charge in [-0.2, -0.15) is 0 Å². The van der Waals surface area contributed by atoms with Crippen molar-refractivity contribution in [1.82, 2.24) is 0 Å². The minimum Gasteiger partial charge on any atom is -0.508 e. The summed E-state index contributed by atoms with van der Waals surface area (Å²) in [5.41, 5.74) is 5.65. The first-order valence-corrected chi connectivity index (χ1v) is 9.28. The van der Waals surface area contributed by atoms with Gasteiger partial charge in [0.1, 0.15) is 5.75 Å². The van der Waals surface area contributed by atoms with Gasteiger partial charge in [-0.25, -0.2) is 0 Å². The molecule has 5 rings (SSSR count). The molecule has 0 unspecified atom stereocenters. The van der Waals surface area contributed by atoms with Crippen LogP contribution in [0.25, 0.3) is 10.8 Å². The van der Waals surface area contributed by atoms with E-state index in [9.17, 15) is 5.11 Å². The minimum absolute atomic E-state index is 0.183. The predicted molar refractivity (Wildman–Crippen MR) is 112 cm³/mol. The Balaban J connectivity index is 1.82. The molecule has 0 amide bonds. The Morgan fingerprint density at radius 3 is 2.22 bits per heavy atom. The number of hydrogen-bond donors (Lipinski definition) is 1. The molecule has 2 nitrogen and oxygen atoms in total. The molecule has 0 radical (unpaired) electrons. The molecule has 0 fully saturated rings. The highest BCUT2D eigenvalue weighted by Crippen LogP contribution is 2.52. The van der Waals surface area contributed by atoms with Gasteiger partial charge in [-0.3, -0.25) is 0 Å². The largest absolute Gasteiger partial charge is 0.508 e. The van der Waals surface area contributed by atoms with Gasteiger partial charge < -0.3 is 10.0 Å². The number of hydrogen-bond acceptors (Lipinski definition) is 2. The fourth-order valence-corrected chi connectivity index (χ4v) is 4.29. The van der Waals surface area contributed by atoms with Gasteiger partial charge in [-0.15, -0.1) is 0 Å². The van der Waals surface area contributed by atoms with Crippen LogP contribution in [0.3, 0.4) is 0 Å². The van der Waals surface area contributed by atoms with Gasteiger partial charge in [-0.1, -0.05) is 62.4 Å². The average molecular weight is 351 g/mol. The lowest BCUT2D eigenvalue weighted by Crippen LogP contribution is -2.30. The van der Waals surface area contributed by atoms with Crippen LogP contribution < -0.4 is 4.90 Å². The summed E-state index contributed by atoms with van der Waals surface area (Å²) in [6, 6.07) is 29.3. The highest BCUT2D eigenvalue weighted by molar-refractivity contribution is 5.92. The van der Waals surface area contributed by atoms with Crippen molar-refractivity contribution in [3.63, 3.8) is 0 Å². The van der Waals surface area contributed by atoms with Crippen LogP contribution in [0, 0.1) is 0 Å². The third-order valence-corrected chi connectivity index (χ3v) is 5.70. The SMILES string of the molecule is CC1(C)c2ccccc2N(c2ccc3ccccc3c2)c2ccc(O)cc21. The number of nitrogens with zero attached hydrogens (tertiary/aromatic N) is 1. The summed E-state index contributed by atoms with van der Waals surface area (Å²) in [5.74, 6) is 0.305. The van der Waals surface area contributed by atoms with E-state index < -0.39 is 0 Å². The monoisotopic (exact) mass is 351 g/mol. The number of phenolic OH excluding ortho intramolecular Hbond substituents is 1. The van der Waals surface area contributed by atoms with Gasteiger partial charge in [0.25, 0.3) is 0 Å². The third kappa shape index (κ3) is 2.33. The Hall–Kier alpha value is -3.26. The lowest BCUT2D eigenvalue weighted by molar-refractivity contribution is 0.472. The summed E-state index contributed by atoms with van der Waals surface area (Å²) >= 11 is 0. The van der Waals surface area contributed by atoms with Crippen molar-refractivity contribution in [2.75, 3.05) is 4.90 Å². The Labute approximate surface area is 159 Å². The van der Waals surface area contributed by atoms with Crippen LogP contribution in [0.15, 0.2) is 84.9 Å². The maximum Gasteiger partial charge on any atom is 0.116 e. The zero-order valence-corrected chi connectivity index (χ0v) is 15.5. The quantitative estimate of drug-likeness (QED) is 0.415. The standard InChI is InChI=1S/C25H21NO/c1-25(2)21-9-5-6-10-23(21)26(24-14-13-20(27)16-22(24)25)19-12-11-17-7-3-4-8-18(17)15-19/h3-16,27H,1-2H3. The molecule has 0 aliphatic carbocycles. The molecule has 1 heterocycles. The van der Waals surface area contributed by atoms with E-state index in [0.717, 1.165) is 16.9 Å². The summed E-state index contributed by atoms with van der Waals surface area (Å²) in [4.78, 5) is 2.31. The fraction of sp³-hybridized carbons (Fsp3) is 0.120. The second-order valence-electron chi connectivity index (χ2n) is 7.71. The molecule has 4 aromatic carbocycles. The Bertz CT molecular complexity index is 1180. The molecule has 132 valence electrons. The van der Waals surface area contributed by atoms with Crippen LogP contribution in [0.1, 0.15) is 25.0 Å². The number of benzene rings is 4. The van der Waals surface area contributed by atoms with Gasteiger partial charge in [0.2, 0.25) is 0 Å². The number of rotatable bonds is 1. The van der Waals surface area contributed by atoms with E-state index in [1.807, 2.05) is 12.1 Å². The lowest BCUT2D eigenvalue weighted by atomic mass is 9.73. The number of para-hydroxylation sites is 1. The molecule has 1 N–H and O–H groups in total. The molecule has 1 aliphatic heterocycles. The smallest absolute Gasteiger partial charge is 0.116 e. The van der Waals surface area contributed by atoms with Crippen molar-refractivity contribution in [2.24, 2.45) is 0 Å². The molecule has 0 saturated carbocycles. The second-order valence-corrected chi connectivity index (χ2v) is 7.71. The molecular formula is C25H21NO. The van der Waals surface area contributed by atoms with Crippen molar-refractivity contribution < 1.29 is 5.11 Å². The highest BCUT2D eigenvalue weighted by atomic mass is 16.3. The second kappa shape index (κ2) is 5.62. The maximum atomic E-state index is 10.1. The van der Waals surface area contributed by atoms with Gasteiger partial charge in [-0.05, 0) is 58.3 Å². The summed E-state index contributed by atoms with van der Waals surface area (Å²) in [6.45, 7) is 4.45. The first-order valence-electron chi connectivity index (χ1n) is 9.28. The highest BCUT2D eigenvalue weighted by Gasteiger charge is 2.36. The van der Waals surface area contributed by atoms with Gasteiger partial charge in [0.05, 0.1) is 11.4 Å². The lowest BCUT2D eigenvalue weighted by Gasteiger charge is -2.42. The van der Waals surface area contributed by atoms with Crippen LogP contribution in [-0.4, -0.2) is 5.11 Å². The summed E-state index contributed by atoms with van der Waals surface area (Å²) in [7, 11) is 0. The summed E-state index contributed by atoms with van der Waals surface area (Å²) in [6.07, 6.45) is 0. The number of fused-ring (bicyclic) bond motifs is 3. The van der Waals surface area contributed by atoms with Gasteiger partial charge in [0.15, 0.2) is 0 Å².